The Morgan fingerprint density at radius 1 is 0.915 bits per heavy atom. The SMILES string of the molecule is COc1cc2nn(C3CCN(CC4CCN(CCOc5ccc6c(c5)C(=O)N(C5CCC(=O)NC5=O)C6=O)CC4)CC3)cc2cc1NC(=O)c1cccc(C(F)(F)F)n1. The molecule has 6 heterocycles. The molecular weight excluding hydrogens is 773 g/mol. The molecule has 1 atom stereocenters. The molecule has 3 fully saturated rings. The highest BCUT2D eigenvalue weighted by Gasteiger charge is 2.45. The van der Waals surface area contributed by atoms with Crippen LogP contribution in [-0.2, 0) is 15.8 Å². The summed E-state index contributed by atoms with van der Waals surface area (Å²) in [6.07, 6.45) is 1.40. The quantitative estimate of drug-likeness (QED) is 0.204. The first kappa shape index (κ1) is 39.9. The van der Waals surface area contributed by atoms with Crippen LogP contribution in [0.2, 0.25) is 0 Å². The molecular formula is C41H43F3N8O7. The Morgan fingerprint density at radius 2 is 1.66 bits per heavy atom. The molecule has 8 rings (SSSR count). The number of rotatable bonds is 11. The van der Waals surface area contributed by atoms with E-state index < -0.39 is 47.4 Å². The molecule has 3 saturated heterocycles. The van der Waals surface area contributed by atoms with Gasteiger partial charge in [-0.1, -0.05) is 6.07 Å². The number of likely N-dealkylation sites (tertiary alicyclic amines) is 2. The smallest absolute Gasteiger partial charge is 0.433 e. The van der Waals surface area contributed by atoms with Crippen molar-refractivity contribution in [3.63, 3.8) is 0 Å². The van der Waals surface area contributed by atoms with E-state index in [1.165, 1.54) is 13.2 Å². The largest absolute Gasteiger partial charge is 0.494 e. The average molecular weight is 817 g/mol. The van der Waals surface area contributed by atoms with Gasteiger partial charge in [-0.05, 0) is 87.5 Å². The molecule has 0 spiro atoms. The highest BCUT2D eigenvalue weighted by Crippen LogP contribution is 2.34. The zero-order valence-corrected chi connectivity index (χ0v) is 32.3. The van der Waals surface area contributed by atoms with E-state index in [0.717, 1.165) is 87.4 Å². The van der Waals surface area contributed by atoms with Crippen molar-refractivity contribution in [2.75, 3.05) is 58.3 Å². The number of nitrogens with one attached hydrogen (secondary N) is 2. The molecule has 310 valence electrons. The van der Waals surface area contributed by atoms with E-state index in [9.17, 15) is 37.1 Å². The first-order valence-corrected chi connectivity index (χ1v) is 19.7. The number of methoxy groups -OCH3 is 1. The van der Waals surface area contributed by atoms with Crippen LogP contribution in [-0.4, -0.2) is 118 Å². The van der Waals surface area contributed by atoms with Crippen LogP contribution in [0.5, 0.6) is 11.5 Å². The van der Waals surface area contributed by atoms with Gasteiger partial charge in [0.25, 0.3) is 17.7 Å². The van der Waals surface area contributed by atoms with Gasteiger partial charge in [0.15, 0.2) is 0 Å². The van der Waals surface area contributed by atoms with Gasteiger partial charge in [0, 0.05) is 50.2 Å². The topological polar surface area (TPSA) is 168 Å². The summed E-state index contributed by atoms with van der Waals surface area (Å²) in [5.41, 5.74) is -0.129. The van der Waals surface area contributed by atoms with Crippen molar-refractivity contribution in [1.82, 2.24) is 34.8 Å². The summed E-state index contributed by atoms with van der Waals surface area (Å²) in [6, 6.07) is 10.5. The Labute approximate surface area is 336 Å². The number of anilines is 1. The number of carbonyl (C=O) groups excluding carboxylic acids is 5. The molecule has 59 heavy (non-hydrogen) atoms. The molecule has 4 aliphatic heterocycles. The molecule has 1 unspecified atom stereocenters. The summed E-state index contributed by atoms with van der Waals surface area (Å²) in [7, 11) is 1.44. The molecule has 18 heteroatoms. The van der Waals surface area contributed by atoms with Crippen LogP contribution < -0.4 is 20.1 Å². The van der Waals surface area contributed by atoms with Gasteiger partial charge in [-0.2, -0.15) is 18.3 Å². The molecule has 4 aromatic rings. The third-order valence-corrected chi connectivity index (χ3v) is 11.6. The maximum absolute atomic E-state index is 13.2. The van der Waals surface area contributed by atoms with Crippen LogP contribution >= 0.6 is 0 Å². The van der Waals surface area contributed by atoms with Crippen molar-refractivity contribution >= 4 is 46.1 Å². The molecule has 5 amide bonds. The summed E-state index contributed by atoms with van der Waals surface area (Å²) in [5, 5.41) is 10.4. The highest BCUT2D eigenvalue weighted by molar-refractivity contribution is 6.23. The lowest BCUT2D eigenvalue weighted by Crippen LogP contribution is -2.54. The van der Waals surface area contributed by atoms with Gasteiger partial charge >= 0.3 is 6.18 Å². The lowest BCUT2D eigenvalue weighted by Gasteiger charge is -2.37. The number of imide groups is 2. The minimum absolute atomic E-state index is 0.0621. The minimum atomic E-state index is -4.67. The van der Waals surface area contributed by atoms with Crippen molar-refractivity contribution in [2.24, 2.45) is 5.92 Å². The predicted molar refractivity (Wildman–Crippen MR) is 206 cm³/mol. The fourth-order valence-electron chi connectivity index (χ4n) is 8.39. The predicted octanol–water partition coefficient (Wildman–Crippen LogP) is 4.54. The number of hydrogen-bond acceptors (Lipinski definition) is 11. The monoisotopic (exact) mass is 816 g/mol. The fraction of sp³-hybridized carbons (Fsp3) is 0.439. The number of halogens is 3. The number of pyridine rings is 1. The standard InChI is InChI=1S/C41H43F3N8O7/c1-58-34-21-31-25(19-32(34)46-37(54)30-3-2-4-35(45-30)41(42,43)44)23-51(48-31)26-11-15-50(16-12-26)22-24-9-13-49(14-10-24)17-18-59-27-5-6-28-29(20-27)40(57)52(39(28)56)33-7-8-36(53)47-38(33)55/h2-6,19-21,23-24,26,33H,7-18,22H2,1H3,(H,46,54)(H,47,53,55). The number of aromatic nitrogens is 3. The van der Waals surface area contributed by atoms with E-state index in [1.807, 2.05) is 10.9 Å². The highest BCUT2D eigenvalue weighted by atomic mass is 19.4. The first-order valence-electron chi connectivity index (χ1n) is 19.7. The Morgan fingerprint density at radius 3 is 2.39 bits per heavy atom. The molecule has 2 N–H and O–H groups in total. The summed E-state index contributed by atoms with van der Waals surface area (Å²) >= 11 is 0. The Hall–Kier alpha value is -5.88. The van der Waals surface area contributed by atoms with E-state index >= 15 is 0 Å². The summed E-state index contributed by atoms with van der Waals surface area (Å²) in [6.45, 7) is 5.92. The second-order valence-corrected chi connectivity index (χ2v) is 15.4. The van der Waals surface area contributed by atoms with Gasteiger partial charge in [-0.15, -0.1) is 0 Å². The van der Waals surface area contributed by atoms with Gasteiger partial charge < -0.3 is 19.7 Å². The van der Waals surface area contributed by atoms with E-state index in [1.54, 1.807) is 30.3 Å². The van der Waals surface area contributed by atoms with Crippen LogP contribution in [0.4, 0.5) is 18.9 Å². The van der Waals surface area contributed by atoms with Crippen LogP contribution in [0.1, 0.15) is 81.5 Å². The van der Waals surface area contributed by atoms with Crippen molar-refractivity contribution in [3.05, 3.63) is 77.2 Å². The van der Waals surface area contributed by atoms with Crippen molar-refractivity contribution in [1.29, 1.82) is 0 Å². The fourth-order valence-corrected chi connectivity index (χ4v) is 8.39. The van der Waals surface area contributed by atoms with Crippen LogP contribution in [0.15, 0.2) is 54.7 Å². The zero-order valence-electron chi connectivity index (χ0n) is 32.3. The summed E-state index contributed by atoms with van der Waals surface area (Å²) in [4.78, 5) is 72.2. The van der Waals surface area contributed by atoms with Crippen LogP contribution in [0.25, 0.3) is 10.9 Å². The molecule has 15 nitrogen and oxygen atoms in total. The van der Waals surface area contributed by atoms with E-state index in [0.29, 0.717) is 35.2 Å². The average Bonchev–Trinajstić information content (AvgIpc) is 3.75. The third kappa shape index (κ3) is 8.50. The first-order chi connectivity index (χ1) is 28.3. The van der Waals surface area contributed by atoms with E-state index in [2.05, 4.69) is 25.4 Å². The molecule has 0 radical (unpaired) electrons. The summed E-state index contributed by atoms with van der Waals surface area (Å²) in [5.74, 6) is -1.58. The van der Waals surface area contributed by atoms with Crippen LogP contribution in [0.3, 0.4) is 0 Å². The molecule has 0 saturated carbocycles. The number of amides is 5. The lowest BCUT2D eigenvalue weighted by atomic mass is 9.94. The van der Waals surface area contributed by atoms with Gasteiger partial charge in [0.05, 0.1) is 35.5 Å². The second-order valence-electron chi connectivity index (χ2n) is 15.4. The van der Waals surface area contributed by atoms with Crippen molar-refractivity contribution < 1.29 is 46.6 Å². The van der Waals surface area contributed by atoms with Gasteiger partial charge in [0.1, 0.15) is 35.5 Å². The minimum Gasteiger partial charge on any atom is -0.494 e. The Balaban J connectivity index is 0.779. The number of hydrogen-bond donors (Lipinski definition) is 2. The summed E-state index contributed by atoms with van der Waals surface area (Å²) < 4.78 is 52.9. The molecule has 0 aliphatic carbocycles. The number of nitrogens with zero attached hydrogens (tertiary/aromatic N) is 6. The Kier molecular flexibility index (Phi) is 11.1. The Bertz CT molecular complexity index is 2300. The number of alkyl halides is 3. The number of fused-ring (bicyclic) bond motifs is 2. The number of benzene rings is 2. The number of piperidine rings is 3. The third-order valence-electron chi connectivity index (χ3n) is 11.6. The van der Waals surface area contributed by atoms with Crippen molar-refractivity contribution in [2.45, 2.75) is 56.8 Å². The van der Waals surface area contributed by atoms with Gasteiger partial charge in [-0.25, -0.2) is 4.98 Å². The number of ether oxygens (including phenoxy) is 2. The number of carbonyl (C=O) groups is 5. The second kappa shape index (κ2) is 16.4. The van der Waals surface area contributed by atoms with Crippen LogP contribution in [0, 0.1) is 5.92 Å². The zero-order chi connectivity index (χ0) is 41.4. The lowest BCUT2D eigenvalue weighted by molar-refractivity contribution is -0.141. The van der Waals surface area contributed by atoms with Crippen molar-refractivity contribution in [3.8, 4) is 11.5 Å². The molecule has 4 aliphatic rings. The molecule has 0 bridgehead atoms. The van der Waals surface area contributed by atoms with Gasteiger partial charge in [-0.3, -0.25) is 43.8 Å². The van der Waals surface area contributed by atoms with E-state index in [4.69, 9.17) is 14.6 Å². The maximum atomic E-state index is 13.2. The molecule has 2 aromatic carbocycles. The van der Waals surface area contributed by atoms with E-state index in [-0.39, 0.29) is 35.7 Å². The normalized spacial score (nSPS) is 19.9. The maximum Gasteiger partial charge on any atom is 0.433 e. The van der Waals surface area contributed by atoms with Gasteiger partial charge in [0.2, 0.25) is 11.8 Å². The molecule has 2 aromatic heterocycles.